The molecule has 1 saturated carbocycles. The predicted octanol–water partition coefficient (Wildman–Crippen LogP) is 2.45. The van der Waals surface area contributed by atoms with E-state index in [9.17, 15) is 10.1 Å². The third kappa shape index (κ3) is 2.34. The van der Waals surface area contributed by atoms with Gasteiger partial charge in [0.15, 0.2) is 5.11 Å². The summed E-state index contributed by atoms with van der Waals surface area (Å²) in [4.78, 5) is 10.3. The van der Waals surface area contributed by atoms with Crippen LogP contribution >= 0.6 is 12.2 Å². The summed E-state index contributed by atoms with van der Waals surface area (Å²) in [5.74, 6) is 0. The third-order valence-electron chi connectivity index (χ3n) is 3.90. The molecular formula is C13H16N4O2S. The number of non-ortho nitro benzene ring substituents is 1. The second-order valence-corrected chi connectivity index (χ2v) is 5.68. The van der Waals surface area contributed by atoms with Crippen LogP contribution in [0, 0.1) is 10.1 Å². The molecule has 2 fully saturated rings. The quantitative estimate of drug-likeness (QED) is 0.496. The summed E-state index contributed by atoms with van der Waals surface area (Å²) in [5, 5.41) is 16.5. The molecule has 6 nitrogen and oxygen atoms in total. The maximum atomic E-state index is 10.7. The number of nitrogens with zero attached hydrogens (tertiary/aromatic N) is 2. The Bertz CT molecular complexity index is 540. The number of anilines is 1. The molecule has 106 valence electrons. The van der Waals surface area contributed by atoms with Gasteiger partial charge in [-0.25, -0.2) is 5.43 Å². The van der Waals surface area contributed by atoms with E-state index in [1.807, 2.05) is 5.01 Å². The average molecular weight is 292 g/mol. The van der Waals surface area contributed by atoms with Gasteiger partial charge in [0.1, 0.15) is 5.66 Å². The molecular weight excluding hydrogens is 276 g/mol. The van der Waals surface area contributed by atoms with Gasteiger partial charge in [-0.2, -0.15) is 0 Å². The molecule has 0 radical (unpaired) electrons. The number of nitro benzene ring substituents is 1. The van der Waals surface area contributed by atoms with Gasteiger partial charge in [0, 0.05) is 12.1 Å². The number of nitro groups is 1. The number of hydrazine groups is 1. The van der Waals surface area contributed by atoms with Crippen LogP contribution in [0.4, 0.5) is 11.4 Å². The molecule has 2 N–H and O–H groups in total. The highest BCUT2D eigenvalue weighted by Crippen LogP contribution is 2.31. The van der Waals surface area contributed by atoms with Gasteiger partial charge in [0.25, 0.3) is 5.69 Å². The number of benzene rings is 1. The van der Waals surface area contributed by atoms with E-state index in [2.05, 4.69) is 10.7 Å². The Morgan fingerprint density at radius 1 is 1.20 bits per heavy atom. The topological polar surface area (TPSA) is 70.4 Å². The number of hydrogen-bond acceptors (Lipinski definition) is 4. The first-order valence-corrected chi connectivity index (χ1v) is 7.15. The smallest absolute Gasteiger partial charge is 0.269 e. The maximum Gasteiger partial charge on any atom is 0.269 e. The average Bonchev–Trinajstić information content (AvgIpc) is 2.76. The molecule has 0 aromatic heterocycles. The molecule has 3 rings (SSSR count). The van der Waals surface area contributed by atoms with E-state index in [0.717, 1.165) is 18.5 Å². The molecule has 2 aliphatic rings. The van der Waals surface area contributed by atoms with Crippen molar-refractivity contribution in [3.8, 4) is 0 Å². The Kier molecular flexibility index (Phi) is 3.31. The van der Waals surface area contributed by atoms with E-state index >= 15 is 0 Å². The molecule has 1 aliphatic carbocycles. The normalized spacial score (nSPS) is 21.0. The molecule has 0 atom stereocenters. The fourth-order valence-corrected chi connectivity index (χ4v) is 3.20. The standard InChI is InChI=1S/C13H16N4O2S/c18-17(19)11-6-4-10(5-7-11)16-12(20)14-13(15-16)8-2-1-3-9-13/h4-7,15H,1-3,8-9H2,(H,14,20). The van der Waals surface area contributed by atoms with Crippen molar-refractivity contribution in [2.45, 2.75) is 37.8 Å². The van der Waals surface area contributed by atoms with E-state index in [0.29, 0.717) is 5.11 Å². The lowest BCUT2D eigenvalue weighted by Gasteiger charge is -2.33. The van der Waals surface area contributed by atoms with Gasteiger partial charge in [-0.05, 0) is 50.0 Å². The molecule has 7 heteroatoms. The summed E-state index contributed by atoms with van der Waals surface area (Å²) in [7, 11) is 0. The highest BCUT2D eigenvalue weighted by atomic mass is 32.1. The monoisotopic (exact) mass is 292 g/mol. The number of hydrogen-bond donors (Lipinski definition) is 2. The van der Waals surface area contributed by atoms with Crippen molar-refractivity contribution in [1.82, 2.24) is 10.7 Å². The van der Waals surface area contributed by atoms with Crippen LogP contribution in [0.1, 0.15) is 32.1 Å². The van der Waals surface area contributed by atoms with Crippen LogP contribution in [0.3, 0.4) is 0 Å². The molecule has 20 heavy (non-hydrogen) atoms. The van der Waals surface area contributed by atoms with Crippen molar-refractivity contribution >= 4 is 28.7 Å². The first-order chi connectivity index (χ1) is 9.60. The lowest BCUT2D eigenvalue weighted by molar-refractivity contribution is -0.384. The summed E-state index contributed by atoms with van der Waals surface area (Å²) >= 11 is 5.38. The van der Waals surface area contributed by atoms with Crippen molar-refractivity contribution < 1.29 is 4.92 Å². The second kappa shape index (κ2) is 4.99. The largest absolute Gasteiger partial charge is 0.342 e. The summed E-state index contributed by atoms with van der Waals surface area (Å²) in [6, 6.07) is 6.40. The fourth-order valence-electron chi connectivity index (χ4n) is 2.85. The minimum absolute atomic E-state index is 0.0826. The zero-order chi connectivity index (χ0) is 14.2. The molecule has 1 saturated heterocycles. The predicted molar refractivity (Wildman–Crippen MR) is 80.3 cm³/mol. The Morgan fingerprint density at radius 3 is 2.45 bits per heavy atom. The zero-order valence-electron chi connectivity index (χ0n) is 11.0. The summed E-state index contributed by atoms with van der Waals surface area (Å²) < 4.78 is 0. The molecule has 0 amide bonds. The summed E-state index contributed by atoms with van der Waals surface area (Å²) in [6.07, 6.45) is 5.69. The van der Waals surface area contributed by atoms with E-state index in [1.54, 1.807) is 12.1 Å². The number of thiocarbonyl (C=S) groups is 1. The molecule has 1 spiro atoms. The van der Waals surface area contributed by atoms with Gasteiger partial charge in [0.2, 0.25) is 0 Å². The van der Waals surface area contributed by atoms with E-state index in [-0.39, 0.29) is 11.4 Å². The van der Waals surface area contributed by atoms with Crippen molar-refractivity contribution in [3.63, 3.8) is 0 Å². The van der Waals surface area contributed by atoms with Crippen LogP contribution in [0.15, 0.2) is 24.3 Å². The van der Waals surface area contributed by atoms with Gasteiger partial charge < -0.3 is 5.32 Å². The van der Waals surface area contributed by atoms with Crippen molar-refractivity contribution in [3.05, 3.63) is 34.4 Å². The minimum Gasteiger partial charge on any atom is -0.342 e. The van der Waals surface area contributed by atoms with Crippen molar-refractivity contribution in [2.24, 2.45) is 0 Å². The zero-order valence-corrected chi connectivity index (χ0v) is 11.8. The molecule has 1 aromatic carbocycles. The molecule has 1 aromatic rings. The van der Waals surface area contributed by atoms with Crippen LogP contribution in [0.25, 0.3) is 0 Å². The maximum absolute atomic E-state index is 10.7. The highest BCUT2D eigenvalue weighted by molar-refractivity contribution is 7.80. The molecule has 0 unspecified atom stereocenters. The first kappa shape index (κ1) is 13.3. The van der Waals surface area contributed by atoms with Gasteiger partial charge in [-0.3, -0.25) is 15.1 Å². The van der Waals surface area contributed by atoms with Crippen LogP contribution in [0.5, 0.6) is 0 Å². The van der Waals surface area contributed by atoms with Crippen LogP contribution in [-0.4, -0.2) is 15.7 Å². The van der Waals surface area contributed by atoms with Gasteiger partial charge in [0.05, 0.1) is 10.6 Å². The lowest BCUT2D eigenvalue weighted by atomic mass is 9.90. The van der Waals surface area contributed by atoms with Gasteiger partial charge >= 0.3 is 0 Å². The Balaban J connectivity index is 1.80. The first-order valence-electron chi connectivity index (χ1n) is 6.74. The van der Waals surface area contributed by atoms with Gasteiger partial charge in [-0.1, -0.05) is 6.42 Å². The Hall–Kier alpha value is -1.73. The van der Waals surface area contributed by atoms with Crippen molar-refractivity contribution in [2.75, 3.05) is 5.01 Å². The SMILES string of the molecule is O=[N+]([O-])c1ccc(N2NC3(CCCCC3)NC2=S)cc1. The second-order valence-electron chi connectivity index (χ2n) is 5.29. The number of rotatable bonds is 2. The molecule has 1 heterocycles. The van der Waals surface area contributed by atoms with E-state index < -0.39 is 4.92 Å². The Labute approximate surface area is 122 Å². The van der Waals surface area contributed by atoms with E-state index in [4.69, 9.17) is 12.2 Å². The minimum atomic E-state index is -0.402. The van der Waals surface area contributed by atoms with E-state index in [1.165, 1.54) is 31.4 Å². The summed E-state index contributed by atoms with van der Waals surface area (Å²) in [5.41, 5.74) is 4.19. The van der Waals surface area contributed by atoms with Gasteiger partial charge in [-0.15, -0.1) is 0 Å². The van der Waals surface area contributed by atoms with Crippen LogP contribution in [-0.2, 0) is 0 Å². The molecule has 0 bridgehead atoms. The van der Waals surface area contributed by atoms with Crippen molar-refractivity contribution in [1.29, 1.82) is 0 Å². The van der Waals surface area contributed by atoms with Crippen LogP contribution in [0.2, 0.25) is 0 Å². The summed E-state index contributed by atoms with van der Waals surface area (Å²) in [6.45, 7) is 0. The molecule has 1 aliphatic heterocycles. The number of nitrogens with one attached hydrogen (secondary N) is 2. The lowest BCUT2D eigenvalue weighted by Crippen LogP contribution is -2.52. The fraction of sp³-hybridized carbons (Fsp3) is 0.462. The third-order valence-corrected chi connectivity index (χ3v) is 4.19. The highest BCUT2D eigenvalue weighted by Gasteiger charge is 2.41. The Morgan fingerprint density at radius 2 is 1.85 bits per heavy atom. The van der Waals surface area contributed by atoms with Crippen LogP contribution < -0.4 is 15.8 Å².